The minimum atomic E-state index is -0.914. The van der Waals surface area contributed by atoms with Gasteiger partial charge in [0.1, 0.15) is 0 Å². The maximum absolute atomic E-state index is 11.6. The second kappa shape index (κ2) is 7.83. The number of aliphatic hydroxyl groups is 1. The molecule has 0 fully saturated rings. The Bertz CT molecular complexity index is 452. The van der Waals surface area contributed by atoms with Crippen LogP contribution in [0.1, 0.15) is 44.2 Å². The molecule has 0 radical (unpaired) electrons. The van der Waals surface area contributed by atoms with Gasteiger partial charge in [0.15, 0.2) is 5.76 Å². The van der Waals surface area contributed by atoms with Crippen molar-refractivity contribution in [3.05, 3.63) is 24.2 Å². The Kier molecular flexibility index (Phi) is 6.42. The number of carbonyl (C=O) groups is 2. The summed E-state index contributed by atoms with van der Waals surface area (Å²) in [7, 11) is 0. The summed E-state index contributed by atoms with van der Waals surface area (Å²) >= 11 is 0. The molecule has 1 unspecified atom stereocenters. The van der Waals surface area contributed by atoms with E-state index in [9.17, 15) is 14.7 Å². The van der Waals surface area contributed by atoms with Gasteiger partial charge in [0.2, 0.25) is 5.91 Å². The molecule has 0 aliphatic carbocycles. The summed E-state index contributed by atoms with van der Waals surface area (Å²) in [6.07, 6.45) is 2.26. The zero-order valence-electron chi connectivity index (χ0n) is 12.8. The number of furan rings is 1. The van der Waals surface area contributed by atoms with Crippen molar-refractivity contribution in [3.63, 3.8) is 0 Å². The van der Waals surface area contributed by atoms with Crippen LogP contribution in [0.5, 0.6) is 0 Å². The molecular weight excluding hydrogens is 272 g/mol. The topological polar surface area (TPSA) is 91.6 Å². The van der Waals surface area contributed by atoms with Crippen molar-refractivity contribution in [1.82, 2.24) is 10.6 Å². The predicted molar refractivity (Wildman–Crippen MR) is 78.7 cm³/mol. The summed E-state index contributed by atoms with van der Waals surface area (Å²) in [6, 6.07) is 3.22. The molecule has 0 saturated heterocycles. The Balaban J connectivity index is 2.15. The average Bonchev–Trinajstić information content (AvgIpc) is 2.95. The first-order valence-electron chi connectivity index (χ1n) is 7.13. The zero-order valence-corrected chi connectivity index (χ0v) is 12.8. The standard InChI is InChI=1S/C15H24N2O4/c1-11(2)15(3,20)10-17-13(18)7-4-8-16-14(19)12-6-5-9-21-12/h5-6,9,11,20H,4,7-8,10H2,1-3H3,(H,16,19)(H,17,18). The molecule has 1 heterocycles. The maximum Gasteiger partial charge on any atom is 0.286 e. The van der Waals surface area contributed by atoms with E-state index in [0.717, 1.165) is 0 Å². The first-order chi connectivity index (χ1) is 9.83. The van der Waals surface area contributed by atoms with Crippen molar-refractivity contribution in [2.24, 2.45) is 5.92 Å². The van der Waals surface area contributed by atoms with E-state index < -0.39 is 5.60 Å². The normalized spacial score (nSPS) is 13.8. The zero-order chi connectivity index (χ0) is 15.9. The highest BCUT2D eigenvalue weighted by Crippen LogP contribution is 2.14. The highest BCUT2D eigenvalue weighted by atomic mass is 16.3. The molecule has 3 N–H and O–H groups in total. The minimum Gasteiger partial charge on any atom is -0.459 e. The molecule has 1 atom stereocenters. The van der Waals surface area contributed by atoms with Crippen molar-refractivity contribution in [2.45, 2.75) is 39.2 Å². The average molecular weight is 296 g/mol. The van der Waals surface area contributed by atoms with Crippen molar-refractivity contribution in [2.75, 3.05) is 13.1 Å². The number of rotatable bonds is 8. The van der Waals surface area contributed by atoms with Crippen LogP contribution in [-0.4, -0.2) is 35.6 Å². The number of nitrogens with one attached hydrogen (secondary N) is 2. The third-order valence-corrected chi connectivity index (χ3v) is 3.50. The third kappa shape index (κ3) is 5.99. The molecule has 0 bridgehead atoms. The Morgan fingerprint density at radius 1 is 1.38 bits per heavy atom. The van der Waals surface area contributed by atoms with Gasteiger partial charge < -0.3 is 20.2 Å². The van der Waals surface area contributed by atoms with Crippen molar-refractivity contribution >= 4 is 11.8 Å². The van der Waals surface area contributed by atoms with Crippen molar-refractivity contribution in [3.8, 4) is 0 Å². The van der Waals surface area contributed by atoms with Crippen LogP contribution in [0.25, 0.3) is 0 Å². The van der Waals surface area contributed by atoms with Gasteiger partial charge in [-0.1, -0.05) is 13.8 Å². The van der Waals surface area contributed by atoms with E-state index in [1.807, 2.05) is 13.8 Å². The molecule has 118 valence electrons. The molecule has 0 aliphatic rings. The molecule has 0 aromatic carbocycles. The van der Waals surface area contributed by atoms with Crippen LogP contribution in [-0.2, 0) is 4.79 Å². The van der Waals surface area contributed by atoms with E-state index in [1.165, 1.54) is 6.26 Å². The molecular formula is C15H24N2O4. The Hall–Kier alpha value is -1.82. The second-order valence-electron chi connectivity index (χ2n) is 5.63. The van der Waals surface area contributed by atoms with Crippen LogP contribution >= 0.6 is 0 Å². The molecule has 1 aromatic heterocycles. The molecule has 6 nitrogen and oxygen atoms in total. The first kappa shape index (κ1) is 17.2. The molecule has 6 heteroatoms. The van der Waals surface area contributed by atoms with E-state index in [1.54, 1.807) is 19.1 Å². The SMILES string of the molecule is CC(C)C(C)(O)CNC(=O)CCCNC(=O)c1ccco1. The smallest absolute Gasteiger partial charge is 0.286 e. The maximum atomic E-state index is 11.6. The minimum absolute atomic E-state index is 0.0605. The molecule has 0 spiro atoms. The van der Waals surface area contributed by atoms with Gasteiger partial charge >= 0.3 is 0 Å². The Labute approximate surface area is 124 Å². The summed E-state index contributed by atoms with van der Waals surface area (Å²) in [5.74, 6) is -0.107. The molecule has 0 saturated carbocycles. The lowest BCUT2D eigenvalue weighted by molar-refractivity contribution is -0.122. The lowest BCUT2D eigenvalue weighted by Crippen LogP contribution is -2.44. The fourth-order valence-electron chi connectivity index (χ4n) is 1.52. The van der Waals surface area contributed by atoms with E-state index in [2.05, 4.69) is 10.6 Å². The lowest BCUT2D eigenvalue weighted by Gasteiger charge is -2.27. The van der Waals surface area contributed by atoms with Gasteiger partial charge in [-0.3, -0.25) is 9.59 Å². The highest BCUT2D eigenvalue weighted by Gasteiger charge is 2.25. The monoisotopic (exact) mass is 296 g/mol. The Morgan fingerprint density at radius 3 is 2.67 bits per heavy atom. The summed E-state index contributed by atoms with van der Waals surface area (Å²) in [6.45, 7) is 6.12. The van der Waals surface area contributed by atoms with Crippen molar-refractivity contribution < 1.29 is 19.1 Å². The van der Waals surface area contributed by atoms with Gasteiger partial charge in [-0.2, -0.15) is 0 Å². The number of hydrogen-bond acceptors (Lipinski definition) is 4. The molecule has 1 rings (SSSR count). The second-order valence-corrected chi connectivity index (χ2v) is 5.63. The molecule has 21 heavy (non-hydrogen) atoms. The third-order valence-electron chi connectivity index (χ3n) is 3.50. The van der Waals surface area contributed by atoms with Crippen LogP contribution in [0, 0.1) is 5.92 Å². The van der Waals surface area contributed by atoms with Gasteiger partial charge in [-0.25, -0.2) is 0 Å². The van der Waals surface area contributed by atoms with E-state index >= 15 is 0 Å². The fraction of sp³-hybridized carbons (Fsp3) is 0.600. The van der Waals surface area contributed by atoms with E-state index in [-0.39, 0.29) is 30.0 Å². The molecule has 1 aromatic rings. The largest absolute Gasteiger partial charge is 0.459 e. The highest BCUT2D eigenvalue weighted by molar-refractivity contribution is 5.91. The number of amides is 2. The van der Waals surface area contributed by atoms with E-state index in [0.29, 0.717) is 19.4 Å². The van der Waals surface area contributed by atoms with Crippen molar-refractivity contribution in [1.29, 1.82) is 0 Å². The van der Waals surface area contributed by atoms with Crippen LogP contribution in [0.15, 0.2) is 22.8 Å². The lowest BCUT2D eigenvalue weighted by atomic mass is 9.92. The van der Waals surface area contributed by atoms with Crippen LogP contribution < -0.4 is 10.6 Å². The summed E-state index contributed by atoms with van der Waals surface area (Å²) in [5, 5.41) is 15.4. The van der Waals surface area contributed by atoms with Gasteiger partial charge in [-0.05, 0) is 31.4 Å². The summed E-state index contributed by atoms with van der Waals surface area (Å²) < 4.78 is 4.95. The van der Waals surface area contributed by atoms with Gasteiger partial charge in [0.05, 0.1) is 11.9 Å². The van der Waals surface area contributed by atoms with Gasteiger partial charge in [0, 0.05) is 19.5 Å². The molecule has 0 aliphatic heterocycles. The van der Waals surface area contributed by atoms with Gasteiger partial charge in [-0.15, -0.1) is 0 Å². The first-order valence-corrected chi connectivity index (χ1v) is 7.13. The summed E-state index contributed by atoms with van der Waals surface area (Å²) in [4.78, 5) is 23.2. The fourth-order valence-corrected chi connectivity index (χ4v) is 1.52. The van der Waals surface area contributed by atoms with E-state index in [4.69, 9.17) is 4.42 Å². The van der Waals surface area contributed by atoms with Gasteiger partial charge in [0.25, 0.3) is 5.91 Å². The van der Waals surface area contributed by atoms with Crippen LogP contribution in [0.3, 0.4) is 0 Å². The van der Waals surface area contributed by atoms with Crippen LogP contribution in [0.2, 0.25) is 0 Å². The quantitative estimate of drug-likeness (QED) is 0.631. The number of carbonyl (C=O) groups excluding carboxylic acids is 2. The predicted octanol–water partition coefficient (Wildman–Crippen LogP) is 1.31. The number of hydrogen-bond donors (Lipinski definition) is 3. The Morgan fingerprint density at radius 2 is 2.10 bits per heavy atom. The summed E-state index contributed by atoms with van der Waals surface area (Å²) in [5.41, 5.74) is -0.914. The van der Waals surface area contributed by atoms with Crippen LogP contribution in [0.4, 0.5) is 0 Å². The molecule has 2 amide bonds.